The summed E-state index contributed by atoms with van der Waals surface area (Å²) >= 11 is 0. The number of fused-ring (bicyclic) bond motifs is 1. The number of benzene rings is 2. The smallest absolute Gasteiger partial charge is 0.396 e. The third-order valence-corrected chi connectivity index (χ3v) is 6.80. The number of carbonyl (C=O) groups excluding carboxylic acids is 1. The van der Waals surface area contributed by atoms with Crippen LogP contribution in [-0.2, 0) is 17.4 Å². The Morgan fingerprint density at radius 3 is 2.55 bits per heavy atom. The maximum Gasteiger partial charge on any atom is 0.417 e. The van der Waals surface area contributed by atoms with Gasteiger partial charge in [0.05, 0.1) is 30.2 Å². The number of aliphatic hydroxyl groups is 1. The SMILES string of the molecule is N#Cc1ccc(N2C[C@@H]3CCN(C(=O)Cc4ccc(F)cc4)C[C@]3(CO)C2)cc1C(F)(F)F. The van der Waals surface area contributed by atoms with E-state index in [9.17, 15) is 27.5 Å². The first-order valence-corrected chi connectivity index (χ1v) is 10.6. The van der Waals surface area contributed by atoms with E-state index in [1.54, 1.807) is 28.0 Å². The number of anilines is 1. The quantitative estimate of drug-likeness (QED) is 0.707. The predicted molar refractivity (Wildman–Crippen MR) is 113 cm³/mol. The zero-order chi connectivity index (χ0) is 23.8. The monoisotopic (exact) mass is 461 g/mol. The fourth-order valence-electron chi connectivity index (χ4n) is 4.97. The van der Waals surface area contributed by atoms with Gasteiger partial charge in [-0.05, 0) is 48.2 Å². The molecule has 4 rings (SSSR count). The maximum atomic E-state index is 13.4. The standard InChI is InChI=1S/C24H23F4N3O2/c25-19-4-1-16(2-5-19)9-22(33)30-8-7-18-12-31(14-23(18,13-30)15-32)20-6-3-17(11-29)21(10-20)24(26,27)28/h1-6,10,18,32H,7-9,12-15H2/t18-,23+/m0/s1. The highest BCUT2D eigenvalue weighted by Crippen LogP contribution is 2.44. The molecule has 9 heteroatoms. The van der Waals surface area contributed by atoms with Gasteiger partial charge in [0.15, 0.2) is 0 Å². The summed E-state index contributed by atoms with van der Waals surface area (Å²) in [6.45, 7) is 1.35. The minimum absolute atomic E-state index is 0.0161. The van der Waals surface area contributed by atoms with Crippen molar-refractivity contribution in [1.82, 2.24) is 4.90 Å². The lowest BCUT2D eigenvalue weighted by atomic mass is 9.74. The van der Waals surface area contributed by atoms with Gasteiger partial charge in [0, 0.05) is 37.3 Å². The molecule has 0 aliphatic carbocycles. The van der Waals surface area contributed by atoms with Gasteiger partial charge in [-0.3, -0.25) is 4.79 Å². The first kappa shape index (κ1) is 23.1. The fourth-order valence-corrected chi connectivity index (χ4v) is 4.97. The summed E-state index contributed by atoms with van der Waals surface area (Å²) in [5.41, 5.74) is -1.04. The van der Waals surface area contributed by atoms with Gasteiger partial charge in [-0.25, -0.2) is 4.39 Å². The molecular formula is C24H23F4N3O2. The molecule has 2 aromatic carbocycles. The second kappa shape index (κ2) is 8.67. The second-order valence-corrected chi connectivity index (χ2v) is 8.84. The Hall–Kier alpha value is -3.12. The number of hydrogen-bond acceptors (Lipinski definition) is 4. The highest BCUT2D eigenvalue weighted by atomic mass is 19.4. The van der Waals surface area contributed by atoms with Crippen molar-refractivity contribution in [2.24, 2.45) is 11.3 Å². The van der Waals surface area contributed by atoms with E-state index in [2.05, 4.69) is 0 Å². The van der Waals surface area contributed by atoms with E-state index in [1.165, 1.54) is 24.3 Å². The van der Waals surface area contributed by atoms with Gasteiger partial charge in [0.1, 0.15) is 5.82 Å². The van der Waals surface area contributed by atoms with Gasteiger partial charge in [0.2, 0.25) is 5.91 Å². The van der Waals surface area contributed by atoms with E-state index in [4.69, 9.17) is 5.26 Å². The van der Waals surface area contributed by atoms with E-state index in [1.807, 2.05) is 0 Å². The van der Waals surface area contributed by atoms with Gasteiger partial charge in [-0.1, -0.05) is 12.1 Å². The summed E-state index contributed by atoms with van der Waals surface area (Å²) in [5, 5.41) is 19.3. The lowest BCUT2D eigenvalue weighted by molar-refractivity contribution is -0.138. The number of nitrogens with zero attached hydrogens (tertiary/aromatic N) is 3. The Morgan fingerprint density at radius 1 is 1.18 bits per heavy atom. The van der Waals surface area contributed by atoms with Crippen molar-refractivity contribution in [3.63, 3.8) is 0 Å². The lowest BCUT2D eigenvalue weighted by Crippen LogP contribution is -2.53. The molecule has 0 radical (unpaired) electrons. The molecule has 2 aliphatic rings. The number of rotatable bonds is 4. The van der Waals surface area contributed by atoms with E-state index in [0.29, 0.717) is 43.9 Å². The van der Waals surface area contributed by atoms with Gasteiger partial charge in [-0.2, -0.15) is 18.4 Å². The van der Waals surface area contributed by atoms with E-state index in [0.717, 1.165) is 6.07 Å². The zero-order valence-electron chi connectivity index (χ0n) is 17.8. The van der Waals surface area contributed by atoms with Crippen molar-refractivity contribution in [3.8, 4) is 6.07 Å². The van der Waals surface area contributed by atoms with Crippen LogP contribution < -0.4 is 4.90 Å². The van der Waals surface area contributed by atoms with Crippen molar-refractivity contribution in [3.05, 3.63) is 65.0 Å². The highest BCUT2D eigenvalue weighted by molar-refractivity contribution is 5.79. The van der Waals surface area contributed by atoms with Crippen molar-refractivity contribution in [2.45, 2.75) is 19.0 Å². The number of likely N-dealkylation sites (tertiary alicyclic amines) is 1. The first-order chi connectivity index (χ1) is 15.6. The Morgan fingerprint density at radius 2 is 1.91 bits per heavy atom. The highest BCUT2D eigenvalue weighted by Gasteiger charge is 2.50. The van der Waals surface area contributed by atoms with Crippen LogP contribution >= 0.6 is 0 Å². The Kier molecular flexibility index (Phi) is 6.06. The number of piperidine rings is 1. The average Bonchev–Trinajstić information content (AvgIpc) is 3.19. The minimum Gasteiger partial charge on any atom is -0.396 e. The van der Waals surface area contributed by atoms with Crippen LogP contribution in [0.2, 0.25) is 0 Å². The van der Waals surface area contributed by atoms with E-state index < -0.39 is 22.7 Å². The van der Waals surface area contributed by atoms with Crippen molar-refractivity contribution < 1.29 is 27.5 Å². The number of amides is 1. The van der Waals surface area contributed by atoms with E-state index in [-0.39, 0.29) is 30.7 Å². The molecule has 0 aromatic heterocycles. The van der Waals surface area contributed by atoms with Crippen LogP contribution in [0.5, 0.6) is 0 Å². The first-order valence-electron chi connectivity index (χ1n) is 10.6. The fraction of sp³-hybridized carbons (Fsp3) is 0.417. The van der Waals surface area contributed by atoms with Crippen LogP contribution in [0.25, 0.3) is 0 Å². The summed E-state index contributed by atoms with van der Waals surface area (Å²) in [4.78, 5) is 16.3. The van der Waals surface area contributed by atoms with Crippen LogP contribution in [0.1, 0.15) is 23.1 Å². The predicted octanol–water partition coefficient (Wildman–Crippen LogP) is 3.61. The van der Waals surface area contributed by atoms with Crippen LogP contribution in [0.15, 0.2) is 42.5 Å². The number of carbonyl (C=O) groups is 1. The molecule has 174 valence electrons. The number of alkyl halides is 3. The van der Waals surface area contributed by atoms with Gasteiger partial charge in [0.25, 0.3) is 0 Å². The number of nitriles is 1. The summed E-state index contributed by atoms with van der Waals surface area (Å²) in [6, 6.07) is 10.9. The maximum absolute atomic E-state index is 13.4. The van der Waals surface area contributed by atoms with E-state index >= 15 is 0 Å². The van der Waals surface area contributed by atoms with Gasteiger partial charge >= 0.3 is 6.18 Å². The number of hydrogen-bond donors (Lipinski definition) is 1. The third kappa shape index (κ3) is 4.53. The second-order valence-electron chi connectivity index (χ2n) is 8.84. The number of halogens is 4. The Labute approximate surface area is 188 Å². The molecule has 1 N–H and O–H groups in total. The molecule has 33 heavy (non-hydrogen) atoms. The van der Waals surface area contributed by atoms with Crippen molar-refractivity contribution in [1.29, 1.82) is 5.26 Å². The van der Waals surface area contributed by atoms with Crippen LogP contribution in [0.4, 0.5) is 23.2 Å². The summed E-state index contributed by atoms with van der Waals surface area (Å²) in [5.74, 6) is -0.500. The molecule has 2 atom stereocenters. The number of aliphatic hydroxyl groups excluding tert-OH is 1. The van der Waals surface area contributed by atoms with Crippen molar-refractivity contribution in [2.75, 3.05) is 37.7 Å². The topological polar surface area (TPSA) is 67.6 Å². The molecule has 0 spiro atoms. The van der Waals surface area contributed by atoms with Gasteiger partial charge in [-0.15, -0.1) is 0 Å². The molecule has 2 saturated heterocycles. The largest absolute Gasteiger partial charge is 0.417 e. The third-order valence-electron chi connectivity index (χ3n) is 6.80. The summed E-state index contributed by atoms with van der Waals surface area (Å²) in [7, 11) is 0. The normalized spacial score (nSPS) is 22.7. The molecule has 2 heterocycles. The zero-order valence-corrected chi connectivity index (χ0v) is 17.8. The molecular weight excluding hydrogens is 438 g/mol. The van der Waals surface area contributed by atoms with Crippen LogP contribution in [0.3, 0.4) is 0 Å². The summed E-state index contributed by atoms with van der Waals surface area (Å²) < 4.78 is 53.3. The molecule has 5 nitrogen and oxygen atoms in total. The average molecular weight is 461 g/mol. The van der Waals surface area contributed by atoms with Crippen LogP contribution in [-0.4, -0.2) is 48.7 Å². The summed E-state index contributed by atoms with van der Waals surface area (Å²) in [6.07, 6.45) is -3.92. The molecule has 1 amide bonds. The molecule has 2 aromatic rings. The van der Waals surface area contributed by atoms with Crippen LogP contribution in [0, 0.1) is 28.5 Å². The molecule has 2 aliphatic heterocycles. The molecule has 2 fully saturated rings. The lowest BCUT2D eigenvalue weighted by Gasteiger charge is -2.43. The minimum atomic E-state index is -4.65. The van der Waals surface area contributed by atoms with Gasteiger partial charge < -0.3 is 14.9 Å². The Balaban J connectivity index is 1.52. The Bertz CT molecular complexity index is 1080. The molecule has 0 bridgehead atoms. The van der Waals surface area contributed by atoms with Crippen molar-refractivity contribution >= 4 is 11.6 Å². The molecule has 0 unspecified atom stereocenters. The molecule has 0 saturated carbocycles.